The molecule has 1 aliphatic carbocycles. The van der Waals surface area contributed by atoms with E-state index in [-0.39, 0.29) is 5.60 Å². The fourth-order valence-electron chi connectivity index (χ4n) is 3.49. The van der Waals surface area contributed by atoms with Crippen molar-refractivity contribution < 1.29 is 4.74 Å². The smallest absolute Gasteiger partial charge is 0.162 e. The molecule has 0 spiro atoms. The number of nitrogens with one attached hydrogen (secondary N) is 1. The molecule has 0 unspecified atom stereocenters. The highest BCUT2D eigenvalue weighted by molar-refractivity contribution is 5.48. The number of aryl methyl sites for hydroxylation is 1. The predicted octanol–water partition coefficient (Wildman–Crippen LogP) is 4.15. The van der Waals surface area contributed by atoms with Crippen LogP contribution in [-0.4, -0.2) is 24.1 Å². The Labute approximate surface area is 128 Å². The van der Waals surface area contributed by atoms with Crippen molar-refractivity contribution in [1.29, 1.82) is 0 Å². The fourth-order valence-corrected chi connectivity index (χ4v) is 3.49. The van der Waals surface area contributed by atoms with Gasteiger partial charge in [0.2, 0.25) is 0 Å². The number of hydrogen-bond donors (Lipinski definition) is 1. The molecule has 21 heavy (non-hydrogen) atoms. The van der Waals surface area contributed by atoms with Crippen LogP contribution < -0.4 is 5.32 Å². The summed E-state index contributed by atoms with van der Waals surface area (Å²) < 4.78 is 5.95. The van der Waals surface area contributed by atoms with Gasteiger partial charge in [0.25, 0.3) is 0 Å². The molecule has 1 aliphatic rings. The highest BCUT2D eigenvalue weighted by Gasteiger charge is 2.36. The first-order valence-corrected chi connectivity index (χ1v) is 8.16. The third-order valence-corrected chi connectivity index (χ3v) is 4.66. The molecule has 0 atom stereocenters. The van der Waals surface area contributed by atoms with Gasteiger partial charge in [-0.2, -0.15) is 0 Å². The number of rotatable bonds is 4. The van der Waals surface area contributed by atoms with Crippen LogP contribution in [0.3, 0.4) is 0 Å². The summed E-state index contributed by atoms with van der Waals surface area (Å²) in [5.41, 5.74) is 1.98. The molecule has 4 heteroatoms. The molecule has 4 nitrogen and oxygen atoms in total. The van der Waals surface area contributed by atoms with E-state index < -0.39 is 0 Å². The summed E-state index contributed by atoms with van der Waals surface area (Å²) in [5.74, 6) is 2.22. The zero-order chi connectivity index (χ0) is 15.5. The van der Waals surface area contributed by atoms with Crippen molar-refractivity contribution in [2.45, 2.75) is 70.8 Å². The van der Waals surface area contributed by atoms with Gasteiger partial charge >= 0.3 is 0 Å². The van der Waals surface area contributed by atoms with E-state index in [1.54, 1.807) is 7.11 Å². The molecule has 0 radical (unpaired) electrons. The standard InChI is InChI=1S/C17H29N3O/c1-12(2)14-13(3)19-16(20-15(14)18-4)17(21-5)10-8-6-7-9-11-17/h12H,6-11H2,1-5H3,(H,18,19,20). The van der Waals surface area contributed by atoms with E-state index in [9.17, 15) is 0 Å². The average Bonchev–Trinajstić information content (AvgIpc) is 2.72. The zero-order valence-corrected chi connectivity index (χ0v) is 14.1. The van der Waals surface area contributed by atoms with E-state index in [0.29, 0.717) is 5.92 Å². The Morgan fingerprint density at radius 2 is 1.71 bits per heavy atom. The number of anilines is 1. The van der Waals surface area contributed by atoms with Crippen LogP contribution in [0.4, 0.5) is 5.82 Å². The normalized spacial score (nSPS) is 18.6. The minimum atomic E-state index is -0.303. The Balaban J connectivity index is 2.49. The van der Waals surface area contributed by atoms with Crippen LogP contribution >= 0.6 is 0 Å². The van der Waals surface area contributed by atoms with Crippen molar-refractivity contribution in [1.82, 2.24) is 9.97 Å². The number of hydrogen-bond acceptors (Lipinski definition) is 4. The summed E-state index contributed by atoms with van der Waals surface area (Å²) in [4.78, 5) is 9.67. The minimum absolute atomic E-state index is 0.303. The van der Waals surface area contributed by atoms with Gasteiger partial charge in [-0.15, -0.1) is 0 Å². The van der Waals surface area contributed by atoms with Gasteiger partial charge < -0.3 is 10.1 Å². The molecular formula is C17H29N3O. The number of ether oxygens (including phenoxy) is 1. The van der Waals surface area contributed by atoms with Crippen molar-refractivity contribution >= 4 is 5.82 Å². The molecule has 0 aromatic carbocycles. The molecule has 0 aliphatic heterocycles. The largest absolute Gasteiger partial charge is 0.373 e. The number of aromatic nitrogens is 2. The van der Waals surface area contributed by atoms with Gasteiger partial charge in [-0.25, -0.2) is 9.97 Å². The van der Waals surface area contributed by atoms with Gasteiger partial charge in [0.1, 0.15) is 11.4 Å². The average molecular weight is 291 g/mol. The van der Waals surface area contributed by atoms with Gasteiger partial charge in [-0.05, 0) is 25.7 Å². The maximum absolute atomic E-state index is 5.95. The maximum Gasteiger partial charge on any atom is 0.162 e. The summed E-state index contributed by atoms with van der Waals surface area (Å²) in [5, 5.41) is 3.25. The van der Waals surface area contributed by atoms with Gasteiger partial charge in [0, 0.05) is 25.4 Å². The van der Waals surface area contributed by atoms with E-state index in [4.69, 9.17) is 14.7 Å². The van der Waals surface area contributed by atoms with Crippen molar-refractivity contribution in [3.8, 4) is 0 Å². The van der Waals surface area contributed by atoms with Crippen LogP contribution in [0.25, 0.3) is 0 Å². The second-order valence-corrected chi connectivity index (χ2v) is 6.41. The molecule has 0 saturated heterocycles. The van der Waals surface area contributed by atoms with Crippen LogP contribution in [0.5, 0.6) is 0 Å². The van der Waals surface area contributed by atoms with E-state index in [1.165, 1.54) is 31.2 Å². The zero-order valence-electron chi connectivity index (χ0n) is 14.1. The molecule has 2 rings (SSSR count). The monoisotopic (exact) mass is 291 g/mol. The molecule has 1 heterocycles. The van der Waals surface area contributed by atoms with Crippen molar-refractivity contribution in [3.63, 3.8) is 0 Å². The van der Waals surface area contributed by atoms with Crippen molar-refractivity contribution in [3.05, 3.63) is 17.1 Å². The molecule has 118 valence electrons. The summed E-state index contributed by atoms with van der Waals surface area (Å²) >= 11 is 0. The molecule has 0 amide bonds. The first-order valence-electron chi connectivity index (χ1n) is 8.16. The summed E-state index contributed by atoms with van der Waals surface area (Å²) in [6.45, 7) is 6.45. The van der Waals surface area contributed by atoms with Gasteiger partial charge in [0.15, 0.2) is 5.82 Å². The first-order chi connectivity index (χ1) is 10.0. The van der Waals surface area contributed by atoms with Crippen LogP contribution in [0, 0.1) is 6.92 Å². The Hall–Kier alpha value is -1.16. The SMILES string of the molecule is CNc1nc(C2(OC)CCCCCC2)nc(C)c1C(C)C. The molecule has 1 N–H and O–H groups in total. The highest BCUT2D eigenvalue weighted by atomic mass is 16.5. The first kappa shape index (κ1) is 16.2. The fraction of sp³-hybridized carbons (Fsp3) is 0.765. The quantitative estimate of drug-likeness (QED) is 0.847. The molecule has 1 fully saturated rings. The topological polar surface area (TPSA) is 47.0 Å². The van der Waals surface area contributed by atoms with Gasteiger partial charge in [-0.3, -0.25) is 0 Å². The minimum Gasteiger partial charge on any atom is -0.373 e. The summed E-state index contributed by atoms with van der Waals surface area (Å²) in [7, 11) is 3.74. The van der Waals surface area contributed by atoms with E-state index >= 15 is 0 Å². The third kappa shape index (κ3) is 3.20. The molecular weight excluding hydrogens is 262 g/mol. The van der Waals surface area contributed by atoms with E-state index in [1.807, 2.05) is 7.05 Å². The predicted molar refractivity (Wildman–Crippen MR) is 86.8 cm³/mol. The second-order valence-electron chi connectivity index (χ2n) is 6.41. The van der Waals surface area contributed by atoms with Gasteiger partial charge in [-0.1, -0.05) is 39.5 Å². The Morgan fingerprint density at radius 1 is 1.10 bits per heavy atom. The summed E-state index contributed by atoms with van der Waals surface area (Å²) in [6, 6.07) is 0. The lowest BCUT2D eigenvalue weighted by Crippen LogP contribution is -2.31. The lowest BCUT2D eigenvalue weighted by Gasteiger charge is -2.31. The van der Waals surface area contributed by atoms with Crippen LogP contribution in [0.15, 0.2) is 0 Å². The van der Waals surface area contributed by atoms with Crippen molar-refractivity contribution in [2.75, 3.05) is 19.5 Å². The van der Waals surface area contributed by atoms with Crippen LogP contribution in [-0.2, 0) is 10.3 Å². The second kappa shape index (κ2) is 6.73. The Kier molecular flexibility index (Phi) is 5.20. The molecule has 1 aromatic rings. The van der Waals surface area contributed by atoms with Crippen LogP contribution in [0.1, 0.15) is 75.4 Å². The summed E-state index contributed by atoms with van der Waals surface area (Å²) in [6.07, 6.45) is 6.99. The number of nitrogens with zero attached hydrogens (tertiary/aromatic N) is 2. The van der Waals surface area contributed by atoms with Crippen molar-refractivity contribution in [2.24, 2.45) is 0 Å². The van der Waals surface area contributed by atoms with Gasteiger partial charge in [0.05, 0.1) is 0 Å². The van der Waals surface area contributed by atoms with Crippen LogP contribution in [0.2, 0.25) is 0 Å². The molecule has 1 aromatic heterocycles. The molecule has 0 bridgehead atoms. The Bertz CT molecular complexity index is 477. The van der Waals surface area contributed by atoms with E-state index in [0.717, 1.165) is 30.2 Å². The Morgan fingerprint density at radius 3 is 2.19 bits per heavy atom. The third-order valence-electron chi connectivity index (χ3n) is 4.66. The highest BCUT2D eigenvalue weighted by Crippen LogP contribution is 2.38. The molecule has 1 saturated carbocycles. The number of methoxy groups -OCH3 is 1. The maximum atomic E-state index is 5.95. The lowest BCUT2D eigenvalue weighted by atomic mass is 9.92. The van der Waals surface area contributed by atoms with E-state index in [2.05, 4.69) is 26.1 Å². The lowest BCUT2D eigenvalue weighted by molar-refractivity contribution is -0.0352.